The molecule has 0 bridgehead atoms. The average Bonchev–Trinajstić information content (AvgIpc) is 2.58. The summed E-state index contributed by atoms with van der Waals surface area (Å²) in [4.78, 5) is 20.7. The van der Waals surface area contributed by atoms with Crippen LogP contribution in [0, 0.1) is 0 Å². The number of benzene rings is 1. The van der Waals surface area contributed by atoms with Gasteiger partial charge < -0.3 is 4.74 Å². The lowest BCUT2D eigenvalue weighted by molar-refractivity contribution is -0.140. The first-order chi connectivity index (χ1) is 13.7. The van der Waals surface area contributed by atoms with E-state index < -0.39 is 63.1 Å². The largest absolute Gasteiger partial charge is 0.467 e. The number of rotatable bonds is 5. The number of carbonyl (C=O) groups is 1. The van der Waals surface area contributed by atoms with Gasteiger partial charge in [-0.3, -0.25) is 5.32 Å². The molecule has 0 spiro atoms. The Kier molecular flexibility index (Phi) is 6.39. The maximum Gasteiger partial charge on any atom is 0.417 e. The summed E-state index contributed by atoms with van der Waals surface area (Å²) >= 11 is 0. The van der Waals surface area contributed by atoms with Gasteiger partial charge in [0.15, 0.2) is 0 Å². The van der Waals surface area contributed by atoms with E-state index in [9.17, 15) is 39.6 Å². The lowest BCUT2D eigenvalue weighted by Gasteiger charge is -2.14. The number of anilines is 1. The highest BCUT2D eigenvalue weighted by atomic mass is 32.2. The molecule has 0 saturated carbocycles. The number of hydrogen-bond acceptors (Lipinski definition) is 7. The van der Waals surface area contributed by atoms with E-state index in [0.29, 0.717) is 12.1 Å². The van der Waals surface area contributed by atoms with Gasteiger partial charge in [-0.2, -0.15) is 41.3 Å². The minimum Gasteiger partial charge on any atom is -0.467 e. The number of nitrogens with zero attached hydrogens (tertiary/aromatic N) is 3. The molecular formula is C14H11F6N5O4S. The molecular weight excluding hydrogens is 448 g/mol. The van der Waals surface area contributed by atoms with Crippen LogP contribution in [0.2, 0.25) is 0 Å². The molecule has 16 heteroatoms. The molecule has 1 heterocycles. The van der Waals surface area contributed by atoms with Crippen LogP contribution in [0.4, 0.5) is 37.1 Å². The molecule has 1 aromatic heterocycles. The first-order valence-corrected chi connectivity index (χ1v) is 9.05. The predicted octanol–water partition coefficient (Wildman–Crippen LogP) is 2.51. The van der Waals surface area contributed by atoms with E-state index in [1.165, 1.54) is 4.72 Å². The Balaban J connectivity index is 2.27. The monoisotopic (exact) mass is 459 g/mol. The van der Waals surface area contributed by atoms with Crippen molar-refractivity contribution in [1.82, 2.24) is 19.7 Å². The number of amides is 2. The Morgan fingerprint density at radius 2 is 1.70 bits per heavy atom. The summed E-state index contributed by atoms with van der Waals surface area (Å²) in [5.74, 6) is -1.67. The van der Waals surface area contributed by atoms with Crippen molar-refractivity contribution < 1.29 is 44.3 Å². The van der Waals surface area contributed by atoms with E-state index in [4.69, 9.17) is 0 Å². The van der Waals surface area contributed by atoms with Gasteiger partial charge in [0, 0.05) is 0 Å². The summed E-state index contributed by atoms with van der Waals surface area (Å²) in [6.45, 7) is 0. The normalized spacial score (nSPS) is 12.4. The Morgan fingerprint density at radius 1 is 1.07 bits per heavy atom. The third-order valence-corrected chi connectivity index (χ3v) is 4.53. The third-order valence-electron chi connectivity index (χ3n) is 3.14. The van der Waals surface area contributed by atoms with Gasteiger partial charge in [-0.1, -0.05) is 12.1 Å². The van der Waals surface area contributed by atoms with Gasteiger partial charge in [-0.05, 0) is 12.1 Å². The maximum atomic E-state index is 13.0. The van der Waals surface area contributed by atoms with Gasteiger partial charge in [-0.25, -0.2) is 17.9 Å². The number of aromatic nitrogens is 3. The number of hydrogen-bond donors (Lipinski definition) is 2. The zero-order chi connectivity index (χ0) is 22.7. The van der Waals surface area contributed by atoms with E-state index in [0.717, 1.165) is 19.2 Å². The van der Waals surface area contributed by atoms with Crippen LogP contribution < -0.4 is 14.8 Å². The molecule has 2 rings (SSSR count). The quantitative estimate of drug-likeness (QED) is 0.659. The second kappa shape index (κ2) is 8.29. The summed E-state index contributed by atoms with van der Waals surface area (Å²) in [6.07, 6.45) is -11.4. The van der Waals surface area contributed by atoms with E-state index in [1.54, 1.807) is 5.32 Å². The topological polar surface area (TPSA) is 123 Å². The molecule has 0 aliphatic rings. The standard InChI is InChI=1S/C14H11F6N5O4S/c1-29-12-22-9(6-13(15,16)17)21-10(24-12)23-11(26)25-30(27,28)8-5-3-2-4-7(8)14(18,19)20/h2-5H,6H2,1H3,(H2,21,22,23,24,25,26). The lowest BCUT2D eigenvalue weighted by atomic mass is 10.2. The zero-order valence-electron chi connectivity index (χ0n) is 14.7. The number of ether oxygens (including phenoxy) is 1. The Bertz CT molecular complexity index is 1040. The smallest absolute Gasteiger partial charge is 0.417 e. The maximum absolute atomic E-state index is 13.0. The van der Waals surface area contributed by atoms with Crippen LogP contribution in [0.5, 0.6) is 6.01 Å². The Hall–Kier alpha value is -3.17. The molecule has 1 aromatic carbocycles. The van der Waals surface area contributed by atoms with Crippen molar-refractivity contribution in [2.45, 2.75) is 23.7 Å². The van der Waals surface area contributed by atoms with Gasteiger partial charge in [0.1, 0.15) is 12.2 Å². The second-order valence-electron chi connectivity index (χ2n) is 5.41. The van der Waals surface area contributed by atoms with Crippen LogP contribution >= 0.6 is 0 Å². The number of methoxy groups -OCH3 is 1. The highest BCUT2D eigenvalue weighted by Gasteiger charge is 2.37. The van der Waals surface area contributed by atoms with E-state index in [-0.39, 0.29) is 0 Å². The van der Waals surface area contributed by atoms with Crippen molar-refractivity contribution in [3.63, 3.8) is 0 Å². The van der Waals surface area contributed by atoms with Crippen LogP contribution in [0.25, 0.3) is 0 Å². The minimum absolute atomic E-state index is 0.493. The molecule has 9 nitrogen and oxygen atoms in total. The molecule has 0 saturated heterocycles. The lowest BCUT2D eigenvalue weighted by Crippen LogP contribution is -2.36. The molecule has 2 N–H and O–H groups in total. The van der Waals surface area contributed by atoms with Crippen LogP contribution in [-0.2, 0) is 22.6 Å². The second-order valence-corrected chi connectivity index (χ2v) is 7.06. The fourth-order valence-electron chi connectivity index (χ4n) is 2.04. The molecule has 0 aliphatic heterocycles. The molecule has 0 atom stereocenters. The third kappa shape index (κ3) is 6.16. The van der Waals surface area contributed by atoms with Crippen molar-refractivity contribution >= 4 is 22.0 Å². The van der Waals surface area contributed by atoms with Gasteiger partial charge in [0.05, 0.1) is 17.6 Å². The zero-order valence-corrected chi connectivity index (χ0v) is 15.5. The molecule has 0 unspecified atom stereocenters. The molecule has 164 valence electrons. The summed E-state index contributed by atoms with van der Waals surface area (Å²) in [6, 6.07) is 0.810. The first kappa shape index (κ1) is 23.1. The number of urea groups is 1. The Morgan fingerprint density at radius 3 is 2.27 bits per heavy atom. The highest BCUT2D eigenvalue weighted by molar-refractivity contribution is 7.90. The SMILES string of the molecule is COc1nc(CC(F)(F)F)nc(NC(=O)NS(=O)(=O)c2ccccc2C(F)(F)F)n1. The van der Waals surface area contributed by atoms with Crippen molar-refractivity contribution in [2.75, 3.05) is 12.4 Å². The summed E-state index contributed by atoms with van der Waals surface area (Å²) in [5.41, 5.74) is -1.53. The number of sulfonamides is 1. The number of carbonyl (C=O) groups excluding carboxylic acids is 1. The van der Waals surface area contributed by atoms with Gasteiger partial charge in [-0.15, -0.1) is 0 Å². The summed E-state index contributed by atoms with van der Waals surface area (Å²) in [5, 5.41) is 1.71. The van der Waals surface area contributed by atoms with E-state index >= 15 is 0 Å². The molecule has 0 radical (unpaired) electrons. The molecule has 2 amide bonds. The van der Waals surface area contributed by atoms with Crippen molar-refractivity contribution in [2.24, 2.45) is 0 Å². The van der Waals surface area contributed by atoms with E-state index in [2.05, 4.69) is 19.7 Å². The average molecular weight is 459 g/mol. The number of halogens is 6. The highest BCUT2D eigenvalue weighted by Crippen LogP contribution is 2.33. The fraction of sp³-hybridized carbons (Fsp3) is 0.286. The molecule has 30 heavy (non-hydrogen) atoms. The Labute approximate surface area is 164 Å². The van der Waals surface area contributed by atoms with E-state index in [1.807, 2.05) is 0 Å². The fourth-order valence-corrected chi connectivity index (χ4v) is 3.18. The van der Waals surface area contributed by atoms with Gasteiger partial charge in [0.2, 0.25) is 5.95 Å². The summed E-state index contributed by atoms with van der Waals surface area (Å²) in [7, 11) is -4.00. The van der Waals surface area contributed by atoms with Crippen LogP contribution in [0.15, 0.2) is 29.2 Å². The minimum atomic E-state index is -5.03. The van der Waals surface area contributed by atoms with Crippen molar-refractivity contribution in [1.29, 1.82) is 0 Å². The number of nitrogens with one attached hydrogen (secondary N) is 2. The summed E-state index contributed by atoms with van der Waals surface area (Å²) < 4.78 is 107. The van der Waals surface area contributed by atoms with Gasteiger partial charge in [0.25, 0.3) is 10.0 Å². The van der Waals surface area contributed by atoms with Gasteiger partial charge >= 0.3 is 24.4 Å². The molecule has 0 fully saturated rings. The predicted molar refractivity (Wildman–Crippen MR) is 86.9 cm³/mol. The molecule has 0 aliphatic carbocycles. The van der Waals surface area contributed by atoms with Crippen LogP contribution in [0.1, 0.15) is 11.4 Å². The van der Waals surface area contributed by atoms with Crippen molar-refractivity contribution in [3.05, 3.63) is 35.7 Å². The van der Waals surface area contributed by atoms with Crippen LogP contribution in [0.3, 0.4) is 0 Å². The number of alkyl halides is 6. The first-order valence-electron chi connectivity index (χ1n) is 7.57. The van der Waals surface area contributed by atoms with Crippen LogP contribution in [-0.4, -0.2) is 42.7 Å². The molecule has 2 aromatic rings. The van der Waals surface area contributed by atoms with Crippen molar-refractivity contribution in [3.8, 4) is 6.01 Å².